The molecule has 3 rings (SSSR count). The Balaban J connectivity index is 1.60. The predicted molar refractivity (Wildman–Crippen MR) is 123 cm³/mol. The fourth-order valence-corrected chi connectivity index (χ4v) is 5.50. The van der Waals surface area contributed by atoms with E-state index in [9.17, 15) is 17.6 Å². The fraction of sp³-hybridized carbons (Fsp3) is 0.571. The van der Waals surface area contributed by atoms with Crippen molar-refractivity contribution in [2.45, 2.75) is 45.6 Å². The highest BCUT2D eigenvalue weighted by molar-refractivity contribution is 7.89. The van der Waals surface area contributed by atoms with E-state index >= 15 is 0 Å². The summed E-state index contributed by atoms with van der Waals surface area (Å²) in [6, 6.07) is 2.81. The lowest BCUT2D eigenvalue weighted by atomic mass is 9.86. The van der Waals surface area contributed by atoms with Gasteiger partial charge < -0.3 is 15.0 Å². The van der Waals surface area contributed by atoms with Crippen molar-refractivity contribution in [3.05, 3.63) is 35.0 Å². The van der Waals surface area contributed by atoms with Crippen LogP contribution in [-0.2, 0) is 14.8 Å². The Labute approximate surface area is 198 Å². The molecular formula is C21H29ClFN5O4S. The Kier molecular flexibility index (Phi) is 7.65. The molecule has 2 aromatic rings. The molecule has 0 aromatic carbocycles. The van der Waals surface area contributed by atoms with Crippen LogP contribution < -0.4 is 5.32 Å². The summed E-state index contributed by atoms with van der Waals surface area (Å²) in [5.74, 6) is -0.273. The van der Waals surface area contributed by atoms with Crippen LogP contribution in [0.2, 0.25) is 5.15 Å². The maximum atomic E-state index is 13.1. The number of aromatic nitrogens is 3. The number of H-pyrrole nitrogens is 1. The second kappa shape index (κ2) is 9.94. The number of nitrogens with one attached hydrogen (secondary N) is 2. The van der Waals surface area contributed by atoms with Gasteiger partial charge in [0.2, 0.25) is 10.0 Å². The highest BCUT2D eigenvalue weighted by Gasteiger charge is 2.35. The Morgan fingerprint density at radius 3 is 2.73 bits per heavy atom. The molecule has 2 N–H and O–H groups in total. The van der Waals surface area contributed by atoms with Gasteiger partial charge in [0.05, 0.1) is 17.6 Å². The minimum Gasteiger partial charge on any atom is -0.444 e. The van der Waals surface area contributed by atoms with Crippen molar-refractivity contribution < 1.29 is 22.3 Å². The normalized spacial score (nSPS) is 19.9. The van der Waals surface area contributed by atoms with E-state index in [0.717, 1.165) is 6.20 Å². The van der Waals surface area contributed by atoms with Crippen molar-refractivity contribution in [2.75, 3.05) is 25.4 Å². The standard InChI is InChI=1S/C21H29ClFN5O4S/c1-13-12-28(33(30,31)10-8-24-20(29)32-21(2,3)4)9-7-15(13)17-18(22)27-19(26-17)16-6-5-14(23)11-25-16/h5-6,11,13,15H,7-10,12H2,1-4H3,(H,24,29)(H,26,27)/t13-,15+/m0/s1. The van der Waals surface area contributed by atoms with Crippen LogP contribution in [0.3, 0.4) is 0 Å². The van der Waals surface area contributed by atoms with Crippen LogP contribution in [0.1, 0.15) is 45.7 Å². The number of aromatic amines is 1. The van der Waals surface area contributed by atoms with Gasteiger partial charge in [-0.15, -0.1) is 0 Å². The number of hydrogen-bond acceptors (Lipinski definition) is 6. The summed E-state index contributed by atoms with van der Waals surface area (Å²) in [5.41, 5.74) is 0.532. The lowest BCUT2D eigenvalue weighted by Crippen LogP contribution is -2.45. The van der Waals surface area contributed by atoms with Crippen molar-refractivity contribution in [1.82, 2.24) is 24.6 Å². The maximum Gasteiger partial charge on any atom is 0.407 e. The number of alkyl carbamates (subject to hydrolysis) is 1. The molecular weight excluding hydrogens is 473 g/mol. The number of piperidine rings is 1. The predicted octanol–water partition coefficient (Wildman–Crippen LogP) is 3.54. The summed E-state index contributed by atoms with van der Waals surface area (Å²) in [6.45, 7) is 7.77. The number of carbonyl (C=O) groups excluding carboxylic acids is 1. The first kappa shape index (κ1) is 25.4. The van der Waals surface area contributed by atoms with Crippen molar-refractivity contribution in [2.24, 2.45) is 5.92 Å². The molecule has 2 atom stereocenters. The van der Waals surface area contributed by atoms with Crippen molar-refractivity contribution >= 4 is 27.7 Å². The zero-order chi connectivity index (χ0) is 24.4. The van der Waals surface area contributed by atoms with Crippen LogP contribution in [0.15, 0.2) is 18.3 Å². The number of rotatable bonds is 6. The number of ether oxygens (including phenoxy) is 1. The molecule has 182 valence electrons. The number of carbonyl (C=O) groups is 1. The fourth-order valence-electron chi connectivity index (χ4n) is 3.76. The molecule has 12 heteroatoms. The van der Waals surface area contributed by atoms with Gasteiger partial charge in [-0.25, -0.2) is 31.9 Å². The summed E-state index contributed by atoms with van der Waals surface area (Å²) in [4.78, 5) is 23.2. The van der Waals surface area contributed by atoms with Gasteiger partial charge in [0, 0.05) is 25.6 Å². The molecule has 3 heterocycles. The van der Waals surface area contributed by atoms with Gasteiger partial charge in [-0.05, 0) is 45.2 Å². The van der Waals surface area contributed by atoms with E-state index in [-0.39, 0.29) is 24.1 Å². The zero-order valence-electron chi connectivity index (χ0n) is 19.1. The van der Waals surface area contributed by atoms with Gasteiger partial charge in [-0.3, -0.25) is 0 Å². The summed E-state index contributed by atoms with van der Waals surface area (Å²) in [6.07, 6.45) is 1.01. The second-order valence-electron chi connectivity index (χ2n) is 9.13. The Morgan fingerprint density at radius 2 is 2.12 bits per heavy atom. The minimum atomic E-state index is -3.55. The van der Waals surface area contributed by atoms with Gasteiger partial charge in [0.15, 0.2) is 11.0 Å². The molecule has 0 unspecified atom stereocenters. The minimum absolute atomic E-state index is 0.0227. The van der Waals surface area contributed by atoms with Gasteiger partial charge in [-0.1, -0.05) is 18.5 Å². The molecule has 0 bridgehead atoms. The molecule has 1 saturated heterocycles. The molecule has 2 aromatic heterocycles. The van der Waals surface area contributed by atoms with Gasteiger partial charge in [-0.2, -0.15) is 0 Å². The van der Waals surface area contributed by atoms with Gasteiger partial charge >= 0.3 is 6.09 Å². The molecule has 1 aliphatic rings. The highest BCUT2D eigenvalue weighted by Crippen LogP contribution is 2.37. The lowest BCUT2D eigenvalue weighted by Gasteiger charge is -2.35. The second-order valence-corrected chi connectivity index (χ2v) is 11.6. The summed E-state index contributed by atoms with van der Waals surface area (Å²) in [7, 11) is -3.55. The molecule has 9 nitrogen and oxygen atoms in total. The van der Waals surface area contributed by atoms with Gasteiger partial charge in [0.25, 0.3) is 0 Å². The van der Waals surface area contributed by atoms with Gasteiger partial charge in [0.1, 0.15) is 17.1 Å². The van der Waals surface area contributed by atoms with Crippen LogP contribution in [-0.4, -0.2) is 64.8 Å². The number of amides is 1. The summed E-state index contributed by atoms with van der Waals surface area (Å²) >= 11 is 6.37. The van der Waals surface area contributed by atoms with E-state index in [4.69, 9.17) is 16.3 Å². The van der Waals surface area contributed by atoms with Crippen LogP contribution in [0.4, 0.5) is 9.18 Å². The topological polar surface area (TPSA) is 117 Å². The highest BCUT2D eigenvalue weighted by atomic mass is 35.5. The van der Waals surface area contributed by atoms with E-state index in [1.54, 1.807) is 20.8 Å². The van der Waals surface area contributed by atoms with Crippen LogP contribution in [0.5, 0.6) is 0 Å². The number of pyridine rings is 1. The SMILES string of the molecule is C[C@H]1CN(S(=O)(=O)CCNC(=O)OC(C)(C)C)CC[C@H]1c1[nH]c(-c2ccc(F)cn2)nc1Cl. The Hall–Kier alpha value is -2.24. The van der Waals surface area contributed by atoms with E-state index in [0.29, 0.717) is 41.9 Å². The number of imidazole rings is 1. The molecule has 1 amide bonds. The van der Waals surface area contributed by atoms with Crippen LogP contribution in [0.25, 0.3) is 11.5 Å². The van der Waals surface area contributed by atoms with E-state index in [1.165, 1.54) is 16.4 Å². The summed E-state index contributed by atoms with van der Waals surface area (Å²) in [5, 5.41) is 2.78. The number of sulfonamides is 1. The van der Waals surface area contributed by atoms with Crippen LogP contribution in [0, 0.1) is 11.7 Å². The monoisotopic (exact) mass is 501 g/mol. The zero-order valence-corrected chi connectivity index (χ0v) is 20.6. The third-order valence-corrected chi connectivity index (χ3v) is 7.44. The van der Waals surface area contributed by atoms with Crippen molar-refractivity contribution in [3.8, 4) is 11.5 Å². The largest absolute Gasteiger partial charge is 0.444 e. The number of nitrogens with zero attached hydrogens (tertiary/aromatic N) is 3. The Bertz CT molecular complexity index is 1090. The maximum absolute atomic E-state index is 13.1. The number of hydrogen-bond donors (Lipinski definition) is 2. The summed E-state index contributed by atoms with van der Waals surface area (Å²) < 4.78 is 45.3. The molecule has 1 aliphatic heterocycles. The first-order valence-corrected chi connectivity index (χ1v) is 12.7. The average molecular weight is 502 g/mol. The molecule has 0 radical (unpaired) electrons. The van der Waals surface area contributed by atoms with Crippen molar-refractivity contribution in [1.29, 1.82) is 0 Å². The quantitative estimate of drug-likeness (QED) is 0.625. The van der Waals surface area contributed by atoms with Crippen LogP contribution >= 0.6 is 11.6 Å². The lowest BCUT2D eigenvalue weighted by molar-refractivity contribution is 0.0531. The van der Waals surface area contributed by atoms with E-state index in [2.05, 4.69) is 20.3 Å². The smallest absolute Gasteiger partial charge is 0.407 e. The molecule has 0 spiro atoms. The van der Waals surface area contributed by atoms with E-state index < -0.39 is 27.5 Å². The third-order valence-electron chi connectivity index (χ3n) is 5.32. The first-order chi connectivity index (χ1) is 15.4. The molecule has 33 heavy (non-hydrogen) atoms. The van der Waals surface area contributed by atoms with E-state index in [1.807, 2.05) is 6.92 Å². The Morgan fingerprint density at radius 1 is 1.39 bits per heavy atom. The first-order valence-electron chi connectivity index (χ1n) is 10.7. The number of halogens is 2. The molecule has 0 saturated carbocycles. The molecule has 0 aliphatic carbocycles. The third kappa shape index (κ3) is 6.64. The van der Waals surface area contributed by atoms with Crippen molar-refractivity contribution in [3.63, 3.8) is 0 Å². The molecule has 1 fully saturated rings. The average Bonchev–Trinajstić information content (AvgIpc) is 3.08.